The molecule has 2 fully saturated rings. The second-order valence-corrected chi connectivity index (χ2v) is 5.83. The van der Waals surface area contributed by atoms with Gasteiger partial charge in [0, 0.05) is 19.5 Å². The van der Waals surface area contributed by atoms with Crippen LogP contribution in [0.15, 0.2) is 0 Å². The van der Waals surface area contributed by atoms with Gasteiger partial charge in [0.2, 0.25) is 5.91 Å². The van der Waals surface area contributed by atoms with Gasteiger partial charge in [0.25, 0.3) is 0 Å². The number of β-amino-alcohol motifs (C(OH)–C–C–N with tert-alkyl or cyclic N) is 1. The molecular formula is C13H23NO2. The Morgan fingerprint density at radius 2 is 2.06 bits per heavy atom. The standard InChI is InChI=1S/C13H23NO2/c1-13(6-3-2-4-7-13)9-12(16)14-8-5-11(15)10-14/h11,15H,2-10H2,1H3/t11-/m1/s1. The normalized spacial score (nSPS) is 29.4. The van der Waals surface area contributed by atoms with Crippen LogP contribution in [0.2, 0.25) is 0 Å². The molecule has 1 saturated carbocycles. The number of carbonyl (C=O) groups excluding carboxylic acids is 1. The Kier molecular flexibility index (Phi) is 3.53. The van der Waals surface area contributed by atoms with Gasteiger partial charge in [-0.2, -0.15) is 0 Å². The first-order valence-corrected chi connectivity index (χ1v) is 6.55. The molecular weight excluding hydrogens is 202 g/mol. The van der Waals surface area contributed by atoms with Crippen LogP contribution >= 0.6 is 0 Å². The minimum absolute atomic E-state index is 0.225. The van der Waals surface area contributed by atoms with Crippen molar-refractivity contribution in [2.75, 3.05) is 13.1 Å². The quantitative estimate of drug-likeness (QED) is 0.780. The Labute approximate surface area is 97.8 Å². The van der Waals surface area contributed by atoms with E-state index >= 15 is 0 Å². The Bertz CT molecular complexity index is 259. The van der Waals surface area contributed by atoms with E-state index in [9.17, 15) is 9.90 Å². The first kappa shape index (κ1) is 11.9. The van der Waals surface area contributed by atoms with Crippen molar-refractivity contribution >= 4 is 5.91 Å². The van der Waals surface area contributed by atoms with Crippen molar-refractivity contribution in [2.24, 2.45) is 5.41 Å². The molecule has 1 amide bonds. The van der Waals surface area contributed by atoms with Crippen LogP contribution in [-0.2, 0) is 4.79 Å². The van der Waals surface area contributed by atoms with E-state index in [0.29, 0.717) is 13.0 Å². The predicted octanol–water partition coefficient (Wildman–Crippen LogP) is 1.94. The largest absolute Gasteiger partial charge is 0.391 e. The summed E-state index contributed by atoms with van der Waals surface area (Å²) in [5.74, 6) is 0.251. The van der Waals surface area contributed by atoms with E-state index in [2.05, 4.69) is 6.92 Å². The molecule has 1 saturated heterocycles. The molecule has 92 valence electrons. The lowest BCUT2D eigenvalue weighted by Gasteiger charge is -2.34. The summed E-state index contributed by atoms with van der Waals surface area (Å²) >= 11 is 0. The van der Waals surface area contributed by atoms with Crippen LogP contribution < -0.4 is 0 Å². The summed E-state index contributed by atoms with van der Waals surface area (Å²) < 4.78 is 0. The molecule has 3 nitrogen and oxygen atoms in total. The lowest BCUT2D eigenvalue weighted by molar-refractivity contribution is -0.133. The third-order valence-corrected chi connectivity index (χ3v) is 4.15. The average molecular weight is 225 g/mol. The van der Waals surface area contributed by atoms with Gasteiger partial charge in [0.05, 0.1) is 6.10 Å². The Morgan fingerprint density at radius 3 is 2.62 bits per heavy atom. The SMILES string of the molecule is CC1(CC(=O)N2CC[C@@H](O)C2)CCCCC1. The van der Waals surface area contributed by atoms with Crippen molar-refractivity contribution in [3.8, 4) is 0 Å². The number of hydrogen-bond donors (Lipinski definition) is 1. The van der Waals surface area contributed by atoms with Crippen LogP contribution in [0.5, 0.6) is 0 Å². The highest BCUT2D eigenvalue weighted by molar-refractivity contribution is 5.77. The van der Waals surface area contributed by atoms with E-state index in [1.165, 1.54) is 32.1 Å². The fourth-order valence-electron chi connectivity index (χ4n) is 3.03. The monoisotopic (exact) mass is 225 g/mol. The molecule has 3 heteroatoms. The summed E-state index contributed by atoms with van der Waals surface area (Å²) in [7, 11) is 0. The van der Waals surface area contributed by atoms with Crippen LogP contribution in [0.1, 0.15) is 51.9 Å². The summed E-state index contributed by atoms with van der Waals surface area (Å²) in [6.45, 7) is 3.54. The zero-order valence-corrected chi connectivity index (χ0v) is 10.2. The number of aliphatic hydroxyl groups excluding tert-OH is 1. The second kappa shape index (κ2) is 4.74. The lowest BCUT2D eigenvalue weighted by Crippen LogP contribution is -2.34. The fourth-order valence-corrected chi connectivity index (χ4v) is 3.03. The number of hydrogen-bond acceptors (Lipinski definition) is 2. The zero-order valence-electron chi connectivity index (χ0n) is 10.2. The maximum atomic E-state index is 12.1. The minimum Gasteiger partial charge on any atom is -0.391 e. The average Bonchev–Trinajstić information content (AvgIpc) is 2.65. The van der Waals surface area contributed by atoms with E-state index in [-0.39, 0.29) is 17.4 Å². The number of nitrogens with zero attached hydrogens (tertiary/aromatic N) is 1. The van der Waals surface area contributed by atoms with Crippen molar-refractivity contribution in [1.29, 1.82) is 0 Å². The summed E-state index contributed by atoms with van der Waals surface area (Å²) in [4.78, 5) is 13.9. The number of carbonyl (C=O) groups is 1. The molecule has 2 rings (SSSR count). The fraction of sp³-hybridized carbons (Fsp3) is 0.923. The van der Waals surface area contributed by atoms with Crippen LogP contribution in [0.3, 0.4) is 0 Å². The summed E-state index contributed by atoms with van der Waals surface area (Å²) in [6.07, 6.45) is 7.39. The molecule has 0 unspecified atom stereocenters. The maximum absolute atomic E-state index is 12.1. The van der Waals surface area contributed by atoms with Gasteiger partial charge in [-0.05, 0) is 24.7 Å². The summed E-state index contributed by atoms with van der Waals surface area (Å²) in [5.41, 5.74) is 0.225. The molecule has 1 aliphatic carbocycles. The molecule has 1 N–H and O–H groups in total. The lowest BCUT2D eigenvalue weighted by atomic mass is 9.73. The first-order valence-electron chi connectivity index (χ1n) is 6.55. The van der Waals surface area contributed by atoms with Gasteiger partial charge < -0.3 is 10.0 Å². The van der Waals surface area contributed by atoms with E-state index in [0.717, 1.165) is 13.0 Å². The molecule has 0 spiro atoms. The highest BCUT2D eigenvalue weighted by Gasteiger charge is 2.33. The summed E-state index contributed by atoms with van der Waals surface area (Å²) in [6, 6.07) is 0. The molecule has 0 aromatic heterocycles. The first-order chi connectivity index (χ1) is 7.59. The molecule has 0 radical (unpaired) electrons. The summed E-state index contributed by atoms with van der Waals surface area (Å²) in [5, 5.41) is 9.42. The van der Waals surface area contributed by atoms with Crippen LogP contribution in [0.4, 0.5) is 0 Å². The number of rotatable bonds is 2. The molecule has 1 aliphatic heterocycles. The third kappa shape index (κ3) is 2.76. The van der Waals surface area contributed by atoms with Gasteiger partial charge >= 0.3 is 0 Å². The van der Waals surface area contributed by atoms with Gasteiger partial charge in [0.15, 0.2) is 0 Å². The van der Waals surface area contributed by atoms with E-state index < -0.39 is 0 Å². The van der Waals surface area contributed by atoms with Gasteiger partial charge in [-0.25, -0.2) is 0 Å². The van der Waals surface area contributed by atoms with E-state index in [1.54, 1.807) is 0 Å². The van der Waals surface area contributed by atoms with Crippen molar-refractivity contribution in [1.82, 2.24) is 4.90 Å². The van der Waals surface area contributed by atoms with E-state index in [4.69, 9.17) is 0 Å². The maximum Gasteiger partial charge on any atom is 0.223 e. The topological polar surface area (TPSA) is 40.5 Å². The number of aliphatic hydroxyl groups is 1. The Balaban J connectivity index is 1.86. The zero-order chi connectivity index (χ0) is 11.6. The van der Waals surface area contributed by atoms with Crippen molar-refractivity contribution < 1.29 is 9.90 Å². The van der Waals surface area contributed by atoms with Crippen LogP contribution in [0.25, 0.3) is 0 Å². The van der Waals surface area contributed by atoms with Crippen molar-refractivity contribution in [3.05, 3.63) is 0 Å². The third-order valence-electron chi connectivity index (χ3n) is 4.15. The molecule has 1 atom stereocenters. The van der Waals surface area contributed by atoms with Crippen LogP contribution in [-0.4, -0.2) is 35.1 Å². The highest BCUT2D eigenvalue weighted by Crippen LogP contribution is 2.39. The van der Waals surface area contributed by atoms with Gasteiger partial charge in [0.1, 0.15) is 0 Å². The second-order valence-electron chi connectivity index (χ2n) is 5.83. The molecule has 2 aliphatic rings. The molecule has 0 bridgehead atoms. The van der Waals surface area contributed by atoms with Crippen molar-refractivity contribution in [3.63, 3.8) is 0 Å². The Hall–Kier alpha value is -0.570. The Morgan fingerprint density at radius 1 is 1.38 bits per heavy atom. The molecule has 16 heavy (non-hydrogen) atoms. The minimum atomic E-state index is -0.289. The smallest absolute Gasteiger partial charge is 0.223 e. The molecule has 0 aromatic rings. The predicted molar refractivity (Wildman–Crippen MR) is 63.0 cm³/mol. The highest BCUT2D eigenvalue weighted by atomic mass is 16.3. The van der Waals surface area contributed by atoms with Gasteiger partial charge in [-0.3, -0.25) is 4.79 Å². The van der Waals surface area contributed by atoms with Gasteiger partial charge in [-0.15, -0.1) is 0 Å². The molecule has 1 heterocycles. The number of likely N-dealkylation sites (tertiary alicyclic amines) is 1. The van der Waals surface area contributed by atoms with Crippen LogP contribution in [0, 0.1) is 5.41 Å². The molecule has 0 aromatic carbocycles. The van der Waals surface area contributed by atoms with Crippen molar-refractivity contribution in [2.45, 2.75) is 58.0 Å². The number of amides is 1. The van der Waals surface area contributed by atoms with Gasteiger partial charge in [-0.1, -0.05) is 26.2 Å². The van der Waals surface area contributed by atoms with E-state index in [1.807, 2.05) is 4.90 Å².